The first-order valence-corrected chi connectivity index (χ1v) is 10.1. The standard InChI is InChI=1S/C23H17ClN2OS/c1-16-7-13-20(14-8-16)26-21(17-9-11-19(24)12-10-17)15-28-23(26)25-22(27)18-5-3-2-4-6-18/h2-15H,1H3. The first-order chi connectivity index (χ1) is 13.6. The van der Waals surface area contributed by atoms with Crippen LogP contribution in [0.1, 0.15) is 15.9 Å². The van der Waals surface area contributed by atoms with Gasteiger partial charge in [-0.1, -0.05) is 59.6 Å². The van der Waals surface area contributed by atoms with Gasteiger partial charge in [0.1, 0.15) is 0 Å². The van der Waals surface area contributed by atoms with E-state index in [1.807, 2.05) is 71.5 Å². The van der Waals surface area contributed by atoms with Crippen LogP contribution in [-0.2, 0) is 0 Å². The molecule has 0 aliphatic rings. The number of rotatable bonds is 3. The van der Waals surface area contributed by atoms with Crippen molar-refractivity contribution in [2.24, 2.45) is 4.99 Å². The fourth-order valence-corrected chi connectivity index (χ4v) is 3.92. The fourth-order valence-electron chi connectivity index (χ4n) is 2.89. The summed E-state index contributed by atoms with van der Waals surface area (Å²) in [6.07, 6.45) is 0. The third-order valence-electron chi connectivity index (χ3n) is 4.36. The van der Waals surface area contributed by atoms with Gasteiger partial charge < -0.3 is 0 Å². The predicted octanol–water partition coefficient (Wildman–Crippen LogP) is 5.91. The summed E-state index contributed by atoms with van der Waals surface area (Å²) in [5, 5.41) is 2.70. The summed E-state index contributed by atoms with van der Waals surface area (Å²) in [7, 11) is 0. The van der Waals surface area contributed by atoms with Crippen LogP contribution >= 0.6 is 22.9 Å². The first kappa shape index (κ1) is 18.4. The third kappa shape index (κ3) is 3.84. The molecule has 0 bridgehead atoms. The van der Waals surface area contributed by atoms with E-state index in [4.69, 9.17) is 11.6 Å². The fraction of sp³-hybridized carbons (Fsp3) is 0.0435. The summed E-state index contributed by atoms with van der Waals surface area (Å²) in [4.78, 5) is 17.7. The van der Waals surface area contributed by atoms with Gasteiger partial charge in [-0.3, -0.25) is 9.36 Å². The van der Waals surface area contributed by atoms with Crippen LogP contribution < -0.4 is 4.80 Å². The van der Waals surface area contributed by atoms with Gasteiger partial charge in [0, 0.05) is 21.7 Å². The Hall–Kier alpha value is -2.95. The van der Waals surface area contributed by atoms with Crippen molar-refractivity contribution < 1.29 is 4.79 Å². The van der Waals surface area contributed by atoms with Gasteiger partial charge >= 0.3 is 0 Å². The van der Waals surface area contributed by atoms with E-state index < -0.39 is 0 Å². The molecule has 5 heteroatoms. The van der Waals surface area contributed by atoms with Crippen molar-refractivity contribution in [2.75, 3.05) is 0 Å². The monoisotopic (exact) mass is 404 g/mol. The minimum absolute atomic E-state index is 0.258. The molecular formula is C23H17ClN2OS. The van der Waals surface area contributed by atoms with Gasteiger partial charge in [0.05, 0.1) is 5.69 Å². The van der Waals surface area contributed by atoms with Crippen molar-refractivity contribution in [1.29, 1.82) is 0 Å². The highest BCUT2D eigenvalue weighted by Gasteiger charge is 2.12. The zero-order valence-corrected chi connectivity index (χ0v) is 16.7. The van der Waals surface area contributed by atoms with E-state index in [1.165, 1.54) is 16.9 Å². The molecule has 4 aromatic rings. The summed E-state index contributed by atoms with van der Waals surface area (Å²) in [6, 6.07) is 24.9. The number of carbonyl (C=O) groups excluding carboxylic acids is 1. The van der Waals surface area contributed by atoms with E-state index in [1.54, 1.807) is 12.1 Å². The molecule has 0 aliphatic heterocycles. The molecule has 1 heterocycles. The Balaban J connectivity index is 1.89. The third-order valence-corrected chi connectivity index (χ3v) is 5.44. The smallest absolute Gasteiger partial charge is 0.279 e. The molecule has 3 aromatic carbocycles. The molecule has 4 rings (SSSR count). The van der Waals surface area contributed by atoms with E-state index in [-0.39, 0.29) is 5.91 Å². The predicted molar refractivity (Wildman–Crippen MR) is 115 cm³/mol. The molecule has 0 saturated carbocycles. The number of thiazole rings is 1. The number of hydrogen-bond donors (Lipinski definition) is 0. The number of halogens is 1. The Morgan fingerprint density at radius 3 is 2.29 bits per heavy atom. The average molecular weight is 405 g/mol. The van der Waals surface area contributed by atoms with Gasteiger partial charge in [-0.25, -0.2) is 0 Å². The number of benzene rings is 3. The van der Waals surface area contributed by atoms with E-state index in [2.05, 4.69) is 17.1 Å². The van der Waals surface area contributed by atoms with Crippen molar-refractivity contribution in [3.63, 3.8) is 0 Å². The van der Waals surface area contributed by atoms with Crippen LogP contribution in [-0.4, -0.2) is 10.5 Å². The Morgan fingerprint density at radius 1 is 0.929 bits per heavy atom. The highest BCUT2D eigenvalue weighted by atomic mass is 35.5. The van der Waals surface area contributed by atoms with Crippen molar-refractivity contribution in [3.05, 3.63) is 105 Å². The number of hydrogen-bond acceptors (Lipinski definition) is 2. The van der Waals surface area contributed by atoms with Crippen LogP contribution in [0.4, 0.5) is 0 Å². The van der Waals surface area contributed by atoms with E-state index in [9.17, 15) is 4.79 Å². The Labute approximate surface area is 172 Å². The van der Waals surface area contributed by atoms with Gasteiger partial charge in [-0.05, 0) is 48.9 Å². The quantitative estimate of drug-likeness (QED) is 0.418. The second kappa shape index (κ2) is 7.97. The van der Waals surface area contributed by atoms with Crippen LogP contribution in [0.3, 0.4) is 0 Å². The zero-order chi connectivity index (χ0) is 19.5. The summed E-state index contributed by atoms with van der Waals surface area (Å²) >= 11 is 7.49. The first-order valence-electron chi connectivity index (χ1n) is 8.79. The normalized spacial score (nSPS) is 11.6. The van der Waals surface area contributed by atoms with Crippen molar-refractivity contribution in [1.82, 2.24) is 4.57 Å². The molecule has 0 saturated heterocycles. The maximum Gasteiger partial charge on any atom is 0.279 e. The zero-order valence-electron chi connectivity index (χ0n) is 15.2. The Bertz CT molecular complexity index is 1170. The lowest BCUT2D eigenvalue weighted by Crippen LogP contribution is -2.16. The SMILES string of the molecule is Cc1ccc(-n2c(-c3ccc(Cl)cc3)csc2=NC(=O)c2ccccc2)cc1. The second-order valence-corrected chi connectivity index (χ2v) is 7.64. The minimum atomic E-state index is -0.258. The summed E-state index contributed by atoms with van der Waals surface area (Å²) < 4.78 is 2.01. The number of aromatic nitrogens is 1. The van der Waals surface area contributed by atoms with Crippen molar-refractivity contribution in [3.8, 4) is 16.9 Å². The molecule has 0 N–H and O–H groups in total. The largest absolute Gasteiger partial charge is 0.285 e. The van der Waals surface area contributed by atoms with Crippen LogP contribution in [0.15, 0.2) is 89.2 Å². The van der Waals surface area contributed by atoms with Crippen molar-refractivity contribution in [2.45, 2.75) is 6.92 Å². The minimum Gasteiger partial charge on any atom is -0.285 e. The molecule has 0 fully saturated rings. The molecule has 0 spiro atoms. The van der Waals surface area contributed by atoms with E-state index >= 15 is 0 Å². The highest BCUT2D eigenvalue weighted by molar-refractivity contribution is 7.07. The summed E-state index contributed by atoms with van der Waals surface area (Å²) in [5.41, 5.74) is 4.67. The molecule has 0 unspecified atom stereocenters. The summed E-state index contributed by atoms with van der Waals surface area (Å²) in [6.45, 7) is 2.05. The van der Waals surface area contributed by atoms with Crippen LogP contribution in [0.25, 0.3) is 16.9 Å². The van der Waals surface area contributed by atoms with E-state index in [0.717, 1.165) is 16.9 Å². The Morgan fingerprint density at radius 2 is 1.61 bits per heavy atom. The van der Waals surface area contributed by atoms with Crippen LogP contribution in [0, 0.1) is 6.92 Å². The highest BCUT2D eigenvalue weighted by Crippen LogP contribution is 2.25. The molecule has 0 aliphatic carbocycles. The van der Waals surface area contributed by atoms with E-state index in [0.29, 0.717) is 15.4 Å². The average Bonchev–Trinajstić information content (AvgIpc) is 3.13. The maximum absolute atomic E-state index is 12.7. The lowest BCUT2D eigenvalue weighted by Gasteiger charge is -2.10. The molecule has 1 amide bonds. The number of aryl methyl sites for hydroxylation is 1. The molecule has 0 atom stereocenters. The summed E-state index contributed by atoms with van der Waals surface area (Å²) in [5.74, 6) is -0.258. The topological polar surface area (TPSA) is 34.4 Å². The molecule has 1 aromatic heterocycles. The molecule has 138 valence electrons. The molecule has 0 radical (unpaired) electrons. The number of amides is 1. The maximum atomic E-state index is 12.7. The Kier molecular flexibility index (Phi) is 5.24. The second-order valence-electron chi connectivity index (χ2n) is 6.36. The molecule has 3 nitrogen and oxygen atoms in total. The van der Waals surface area contributed by atoms with Gasteiger partial charge in [-0.2, -0.15) is 4.99 Å². The van der Waals surface area contributed by atoms with Crippen LogP contribution in [0.2, 0.25) is 5.02 Å². The van der Waals surface area contributed by atoms with Crippen molar-refractivity contribution >= 4 is 28.8 Å². The van der Waals surface area contributed by atoms with Gasteiger partial charge in [-0.15, -0.1) is 11.3 Å². The molecule has 28 heavy (non-hydrogen) atoms. The van der Waals surface area contributed by atoms with Gasteiger partial charge in [0.25, 0.3) is 5.91 Å². The lowest BCUT2D eigenvalue weighted by atomic mass is 10.1. The number of carbonyl (C=O) groups is 1. The lowest BCUT2D eigenvalue weighted by molar-refractivity contribution is 0.0998. The van der Waals surface area contributed by atoms with Gasteiger partial charge in [0.2, 0.25) is 0 Å². The molecular weight excluding hydrogens is 388 g/mol. The van der Waals surface area contributed by atoms with Gasteiger partial charge in [0.15, 0.2) is 4.80 Å². The number of nitrogens with zero attached hydrogens (tertiary/aromatic N) is 2. The van der Waals surface area contributed by atoms with Crippen LogP contribution in [0.5, 0.6) is 0 Å².